The van der Waals surface area contributed by atoms with Crippen LogP contribution in [0.15, 0.2) is 36.0 Å². The van der Waals surface area contributed by atoms with Crippen molar-refractivity contribution in [2.75, 3.05) is 12.4 Å². The minimum Gasteiger partial charge on any atom is -0.387 e. The summed E-state index contributed by atoms with van der Waals surface area (Å²) in [6, 6.07) is 5.94. The molecule has 1 unspecified atom stereocenters. The van der Waals surface area contributed by atoms with E-state index in [2.05, 4.69) is 28.6 Å². The van der Waals surface area contributed by atoms with E-state index >= 15 is 0 Å². The summed E-state index contributed by atoms with van der Waals surface area (Å²) in [5.41, 5.74) is 1.37. The molecule has 0 bridgehead atoms. The van der Waals surface area contributed by atoms with E-state index in [0.717, 1.165) is 18.5 Å². The van der Waals surface area contributed by atoms with Gasteiger partial charge in [0.2, 0.25) is 0 Å². The number of nitrogens with zero attached hydrogens (tertiary/aromatic N) is 1. The molecule has 0 aliphatic carbocycles. The maximum Gasteiger partial charge on any atom is 0.255 e. The van der Waals surface area contributed by atoms with Gasteiger partial charge in [0.15, 0.2) is 0 Å². The van der Waals surface area contributed by atoms with E-state index in [0.29, 0.717) is 5.56 Å². The zero-order chi connectivity index (χ0) is 14.4. The summed E-state index contributed by atoms with van der Waals surface area (Å²) >= 11 is 1.67. The Hall–Kier alpha value is -1.88. The normalized spacial score (nSPS) is 11.9. The predicted octanol–water partition coefficient (Wildman–Crippen LogP) is 3.46. The lowest BCUT2D eigenvalue weighted by Gasteiger charge is -2.17. The second kappa shape index (κ2) is 7.05. The summed E-state index contributed by atoms with van der Waals surface area (Å²) in [6.07, 6.45) is 5.22. The standard InChI is InChI=1S/C15H19N3OS/c1-3-5-13(14-6-4-9-20-14)18-15(19)11-10-17-8-7-12(11)16-2/h4,6-10,13H,3,5H2,1-2H3,(H,16,17)(H,18,19). The number of aromatic nitrogens is 1. The van der Waals surface area contributed by atoms with Crippen LogP contribution >= 0.6 is 11.3 Å². The van der Waals surface area contributed by atoms with Crippen molar-refractivity contribution in [3.63, 3.8) is 0 Å². The number of nitrogens with one attached hydrogen (secondary N) is 2. The Morgan fingerprint density at radius 3 is 2.95 bits per heavy atom. The first kappa shape index (κ1) is 14.5. The third-order valence-corrected chi connectivity index (χ3v) is 4.09. The quantitative estimate of drug-likeness (QED) is 0.856. The second-order valence-corrected chi connectivity index (χ2v) is 5.48. The van der Waals surface area contributed by atoms with Crippen LogP contribution in [0, 0.1) is 0 Å². The largest absolute Gasteiger partial charge is 0.387 e. The van der Waals surface area contributed by atoms with Crippen molar-refractivity contribution < 1.29 is 4.79 Å². The molecule has 5 heteroatoms. The Bertz CT molecular complexity index is 554. The van der Waals surface area contributed by atoms with E-state index < -0.39 is 0 Å². The maximum atomic E-state index is 12.4. The van der Waals surface area contributed by atoms with Crippen LogP contribution in [0.1, 0.15) is 41.0 Å². The number of carbonyl (C=O) groups is 1. The van der Waals surface area contributed by atoms with Gasteiger partial charge in [-0.3, -0.25) is 9.78 Å². The molecule has 106 valence electrons. The average molecular weight is 289 g/mol. The summed E-state index contributed by atoms with van der Waals surface area (Å²) in [4.78, 5) is 17.6. The van der Waals surface area contributed by atoms with Gasteiger partial charge in [0.05, 0.1) is 11.6 Å². The summed E-state index contributed by atoms with van der Waals surface area (Å²) in [5.74, 6) is -0.0886. The lowest BCUT2D eigenvalue weighted by atomic mass is 10.1. The number of amides is 1. The van der Waals surface area contributed by atoms with Crippen LogP contribution in [-0.4, -0.2) is 17.9 Å². The van der Waals surface area contributed by atoms with Crippen LogP contribution in [0.4, 0.5) is 5.69 Å². The highest BCUT2D eigenvalue weighted by Crippen LogP contribution is 2.24. The molecule has 0 spiro atoms. The third kappa shape index (κ3) is 3.36. The van der Waals surface area contributed by atoms with Gasteiger partial charge in [-0.25, -0.2) is 0 Å². The van der Waals surface area contributed by atoms with Gasteiger partial charge in [-0.2, -0.15) is 0 Å². The van der Waals surface area contributed by atoms with Crippen LogP contribution in [0.5, 0.6) is 0 Å². The van der Waals surface area contributed by atoms with Gasteiger partial charge in [0.25, 0.3) is 5.91 Å². The van der Waals surface area contributed by atoms with Crippen LogP contribution in [0.3, 0.4) is 0 Å². The summed E-state index contributed by atoms with van der Waals surface area (Å²) < 4.78 is 0. The van der Waals surface area contributed by atoms with E-state index in [9.17, 15) is 4.79 Å². The van der Waals surface area contributed by atoms with Gasteiger partial charge in [-0.15, -0.1) is 11.3 Å². The highest BCUT2D eigenvalue weighted by molar-refractivity contribution is 7.10. The summed E-state index contributed by atoms with van der Waals surface area (Å²) in [7, 11) is 1.80. The Kier molecular flexibility index (Phi) is 5.12. The maximum absolute atomic E-state index is 12.4. The molecule has 1 amide bonds. The summed E-state index contributed by atoms with van der Waals surface area (Å²) in [5, 5.41) is 8.16. The molecule has 2 aromatic heterocycles. The molecule has 0 saturated heterocycles. The average Bonchev–Trinajstić information content (AvgIpc) is 3.00. The van der Waals surface area contributed by atoms with E-state index in [1.807, 2.05) is 11.4 Å². The fraction of sp³-hybridized carbons (Fsp3) is 0.333. The van der Waals surface area contributed by atoms with Crippen molar-refractivity contribution >= 4 is 22.9 Å². The van der Waals surface area contributed by atoms with Gasteiger partial charge in [-0.1, -0.05) is 19.4 Å². The van der Waals surface area contributed by atoms with E-state index in [1.165, 1.54) is 4.88 Å². The van der Waals surface area contributed by atoms with E-state index in [-0.39, 0.29) is 11.9 Å². The molecular formula is C15H19N3OS. The van der Waals surface area contributed by atoms with Crippen molar-refractivity contribution in [3.8, 4) is 0 Å². The molecule has 2 N–H and O–H groups in total. The molecule has 2 rings (SSSR count). The summed E-state index contributed by atoms with van der Waals surface area (Å²) in [6.45, 7) is 2.12. The van der Waals surface area contributed by atoms with Crippen LogP contribution in [0.25, 0.3) is 0 Å². The fourth-order valence-corrected chi connectivity index (χ4v) is 2.91. The van der Waals surface area contributed by atoms with Crippen molar-refractivity contribution in [3.05, 3.63) is 46.4 Å². The zero-order valence-electron chi connectivity index (χ0n) is 11.7. The number of hydrogen-bond donors (Lipinski definition) is 2. The first-order valence-corrected chi connectivity index (χ1v) is 7.60. The highest BCUT2D eigenvalue weighted by Gasteiger charge is 2.17. The highest BCUT2D eigenvalue weighted by atomic mass is 32.1. The third-order valence-electron chi connectivity index (χ3n) is 3.10. The molecule has 0 aromatic carbocycles. The Morgan fingerprint density at radius 2 is 2.30 bits per heavy atom. The topological polar surface area (TPSA) is 54.0 Å². The van der Waals surface area contributed by atoms with Gasteiger partial charge >= 0.3 is 0 Å². The Balaban J connectivity index is 2.16. The van der Waals surface area contributed by atoms with E-state index in [4.69, 9.17) is 0 Å². The first-order chi connectivity index (χ1) is 9.76. The molecular weight excluding hydrogens is 270 g/mol. The van der Waals surface area contributed by atoms with Gasteiger partial charge < -0.3 is 10.6 Å². The molecule has 0 saturated carbocycles. The van der Waals surface area contributed by atoms with Crippen molar-refractivity contribution in [1.82, 2.24) is 10.3 Å². The van der Waals surface area contributed by atoms with Crippen LogP contribution < -0.4 is 10.6 Å². The molecule has 0 radical (unpaired) electrons. The van der Waals surface area contributed by atoms with Crippen LogP contribution in [-0.2, 0) is 0 Å². The molecule has 1 atom stereocenters. The number of carbonyl (C=O) groups excluding carboxylic acids is 1. The number of hydrogen-bond acceptors (Lipinski definition) is 4. The van der Waals surface area contributed by atoms with Crippen molar-refractivity contribution in [2.24, 2.45) is 0 Å². The molecule has 20 heavy (non-hydrogen) atoms. The van der Waals surface area contributed by atoms with Gasteiger partial charge in [0.1, 0.15) is 0 Å². The van der Waals surface area contributed by atoms with Crippen molar-refractivity contribution in [2.45, 2.75) is 25.8 Å². The van der Waals surface area contributed by atoms with Crippen LogP contribution in [0.2, 0.25) is 0 Å². The molecule has 2 heterocycles. The minimum absolute atomic E-state index is 0.0670. The predicted molar refractivity (Wildman–Crippen MR) is 83.2 cm³/mol. The monoisotopic (exact) mass is 289 g/mol. The molecule has 2 aromatic rings. The zero-order valence-corrected chi connectivity index (χ0v) is 12.5. The minimum atomic E-state index is -0.0886. The lowest BCUT2D eigenvalue weighted by Crippen LogP contribution is -2.28. The lowest BCUT2D eigenvalue weighted by molar-refractivity contribution is 0.0935. The van der Waals surface area contributed by atoms with Gasteiger partial charge in [-0.05, 0) is 23.9 Å². The molecule has 0 aliphatic rings. The Labute approximate surface area is 123 Å². The molecule has 0 fully saturated rings. The van der Waals surface area contributed by atoms with E-state index in [1.54, 1.807) is 36.8 Å². The molecule has 0 aliphatic heterocycles. The number of anilines is 1. The van der Waals surface area contributed by atoms with Crippen molar-refractivity contribution in [1.29, 1.82) is 0 Å². The smallest absolute Gasteiger partial charge is 0.255 e. The molecule has 4 nitrogen and oxygen atoms in total. The second-order valence-electron chi connectivity index (χ2n) is 4.50. The number of pyridine rings is 1. The number of thiophene rings is 1. The first-order valence-electron chi connectivity index (χ1n) is 6.72. The number of rotatable bonds is 6. The SMILES string of the molecule is CCCC(NC(=O)c1cnccc1NC)c1cccs1. The van der Waals surface area contributed by atoms with Gasteiger partial charge in [0, 0.05) is 30.0 Å². The fourth-order valence-electron chi connectivity index (χ4n) is 2.09. The Morgan fingerprint density at radius 1 is 1.45 bits per heavy atom.